The third-order valence-electron chi connectivity index (χ3n) is 2.22. The largest absolute Gasteiger partial charge is 0.315 e. The van der Waals surface area contributed by atoms with Crippen LogP contribution in [0.25, 0.3) is 0 Å². The lowest BCUT2D eigenvalue weighted by molar-refractivity contribution is 0.599. The van der Waals surface area contributed by atoms with Crippen molar-refractivity contribution in [2.45, 2.75) is 11.1 Å². The highest BCUT2D eigenvalue weighted by atomic mass is 35.5. The second kappa shape index (κ2) is 4.95. The van der Waals surface area contributed by atoms with Crippen LogP contribution in [0.5, 0.6) is 0 Å². The number of aryl methyl sites for hydroxylation is 1. The molecule has 19 heavy (non-hydrogen) atoms. The molecule has 102 valence electrons. The van der Waals surface area contributed by atoms with Crippen molar-refractivity contribution in [3.05, 3.63) is 44.4 Å². The molecular weight excluding hydrogens is 315 g/mol. The van der Waals surface area contributed by atoms with Gasteiger partial charge in [-0.05, 0) is 19.1 Å². The molecule has 0 bridgehead atoms. The molecule has 2 aromatic rings. The lowest BCUT2D eigenvalue weighted by Crippen LogP contribution is -2.13. The molecule has 0 spiro atoms. The minimum absolute atomic E-state index is 0.183. The van der Waals surface area contributed by atoms with Gasteiger partial charge < -0.3 is 4.98 Å². The van der Waals surface area contributed by atoms with Crippen LogP contribution in [-0.2, 0) is 10.0 Å². The van der Waals surface area contributed by atoms with Crippen LogP contribution in [-0.4, -0.2) is 13.4 Å². The Kier molecular flexibility index (Phi) is 3.66. The van der Waals surface area contributed by atoms with E-state index in [0.29, 0.717) is 11.3 Å². The first-order valence-corrected chi connectivity index (χ1v) is 7.65. The zero-order chi connectivity index (χ0) is 14.2. The molecule has 1 aromatic carbocycles. The molecule has 5 nitrogen and oxygen atoms in total. The monoisotopic (exact) mass is 322 g/mol. The molecule has 2 N–H and O–H groups in total. The predicted octanol–water partition coefficient (Wildman–Crippen LogP) is 2.34. The number of aromatic amines is 1. The van der Waals surface area contributed by atoms with E-state index >= 15 is 0 Å². The number of thiazole rings is 1. The van der Waals surface area contributed by atoms with Gasteiger partial charge in [-0.2, -0.15) is 0 Å². The molecule has 0 aliphatic carbocycles. The third kappa shape index (κ3) is 2.80. The normalized spacial score (nSPS) is 11.5. The average Bonchev–Trinajstić information content (AvgIpc) is 2.65. The number of hydrogen-bond acceptors (Lipinski definition) is 4. The lowest BCUT2D eigenvalue weighted by atomic mass is 10.3. The van der Waals surface area contributed by atoms with E-state index in [2.05, 4.69) is 9.71 Å². The van der Waals surface area contributed by atoms with E-state index in [1.165, 1.54) is 25.1 Å². The quantitative estimate of drug-likeness (QED) is 0.910. The van der Waals surface area contributed by atoms with Crippen LogP contribution in [0.4, 0.5) is 10.1 Å². The summed E-state index contributed by atoms with van der Waals surface area (Å²) in [5, 5.41) is -0.195. The van der Waals surface area contributed by atoms with Crippen LogP contribution in [0.1, 0.15) is 5.69 Å². The minimum atomic E-state index is -4.02. The Hall–Kier alpha value is -1.38. The van der Waals surface area contributed by atoms with Gasteiger partial charge in [-0.15, -0.1) is 0 Å². The van der Waals surface area contributed by atoms with Gasteiger partial charge >= 0.3 is 4.87 Å². The fourth-order valence-electron chi connectivity index (χ4n) is 1.42. The molecule has 0 aliphatic rings. The maximum absolute atomic E-state index is 13.6. The fraction of sp³-hybridized carbons (Fsp3) is 0.100. The van der Waals surface area contributed by atoms with Crippen molar-refractivity contribution in [1.82, 2.24) is 4.98 Å². The van der Waals surface area contributed by atoms with Crippen molar-refractivity contribution < 1.29 is 12.8 Å². The molecular formula is C10H8ClFN2O3S2. The molecule has 0 fully saturated rings. The second-order valence-electron chi connectivity index (χ2n) is 3.63. The highest BCUT2D eigenvalue weighted by Crippen LogP contribution is 2.26. The van der Waals surface area contributed by atoms with Crippen LogP contribution >= 0.6 is 22.9 Å². The molecule has 0 saturated heterocycles. The van der Waals surface area contributed by atoms with Gasteiger partial charge in [-0.25, -0.2) is 12.8 Å². The smallest absolute Gasteiger partial charge is 0.306 e. The zero-order valence-corrected chi connectivity index (χ0v) is 11.9. The number of nitrogens with one attached hydrogen (secondary N) is 2. The fourth-order valence-corrected chi connectivity index (χ4v) is 3.96. The van der Waals surface area contributed by atoms with Gasteiger partial charge in [-0.3, -0.25) is 9.52 Å². The molecule has 0 unspecified atom stereocenters. The Labute approximate surface area is 117 Å². The van der Waals surface area contributed by atoms with Gasteiger partial charge in [0.25, 0.3) is 10.0 Å². The average molecular weight is 323 g/mol. The summed E-state index contributed by atoms with van der Waals surface area (Å²) in [6, 6.07) is 3.95. The van der Waals surface area contributed by atoms with E-state index in [4.69, 9.17) is 11.6 Å². The number of aromatic nitrogens is 1. The first-order valence-electron chi connectivity index (χ1n) is 4.98. The summed E-state index contributed by atoms with van der Waals surface area (Å²) < 4.78 is 39.6. The van der Waals surface area contributed by atoms with E-state index in [1.807, 2.05) is 0 Å². The van der Waals surface area contributed by atoms with Crippen molar-refractivity contribution in [3.8, 4) is 0 Å². The molecule has 9 heteroatoms. The third-order valence-corrected chi connectivity index (χ3v) is 5.48. The Balaban J connectivity index is 2.45. The Morgan fingerprint density at radius 3 is 2.68 bits per heavy atom. The topological polar surface area (TPSA) is 79.0 Å². The van der Waals surface area contributed by atoms with E-state index in [-0.39, 0.29) is 20.6 Å². The van der Waals surface area contributed by atoms with Crippen molar-refractivity contribution in [2.75, 3.05) is 4.72 Å². The first kappa shape index (κ1) is 14.0. The number of anilines is 1. The summed E-state index contributed by atoms with van der Waals surface area (Å²) in [6.45, 7) is 1.45. The zero-order valence-electron chi connectivity index (χ0n) is 9.53. The Morgan fingerprint density at radius 1 is 1.42 bits per heavy atom. The summed E-state index contributed by atoms with van der Waals surface area (Å²) >= 11 is 6.09. The molecule has 0 radical (unpaired) electrons. The molecule has 0 amide bonds. The van der Waals surface area contributed by atoms with E-state index in [9.17, 15) is 17.6 Å². The van der Waals surface area contributed by atoms with E-state index in [0.717, 1.165) is 0 Å². The van der Waals surface area contributed by atoms with E-state index < -0.39 is 20.7 Å². The number of H-pyrrole nitrogens is 1. The highest BCUT2D eigenvalue weighted by molar-refractivity contribution is 7.94. The van der Waals surface area contributed by atoms with Crippen molar-refractivity contribution in [1.29, 1.82) is 0 Å². The summed E-state index contributed by atoms with van der Waals surface area (Å²) in [6.07, 6.45) is 0. The van der Waals surface area contributed by atoms with Crippen molar-refractivity contribution in [3.63, 3.8) is 0 Å². The lowest BCUT2D eigenvalue weighted by Gasteiger charge is -2.08. The van der Waals surface area contributed by atoms with Crippen LogP contribution in [0, 0.1) is 12.7 Å². The van der Waals surface area contributed by atoms with Crippen molar-refractivity contribution in [2.24, 2.45) is 0 Å². The summed E-state index contributed by atoms with van der Waals surface area (Å²) in [4.78, 5) is 13.0. The summed E-state index contributed by atoms with van der Waals surface area (Å²) in [5.41, 5.74) is -0.0716. The van der Waals surface area contributed by atoms with Crippen molar-refractivity contribution >= 4 is 38.6 Å². The van der Waals surface area contributed by atoms with Crippen LogP contribution in [0.15, 0.2) is 27.2 Å². The van der Waals surface area contributed by atoms with Crippen LogP contribution in [0.2, 0.25) is 5.02 Å². The standard InChI is InChI=1S/C10H8ClFN2O3S2/c1-5-9(18-10(15)13-5)19(16,17)14-7-4-2-3-6(11)8(7)12/h2-4,14H,1H3,(H,13,15). The van der Waals surface area contributed by atoms with Crippen LogP contribution < -0.4 is 9.60 Å². The van der Waals surface area contributed by atoms with Gasteiger partial charge in [0.1, 0.15) is 0 Å². The number of rotatable bonds is 3. The van der Waals surface area contributed by atoms with E-state index in [1.54, 1.807) is 0 Å². The maximum atomic E-state index is 13.6. The highest BCUT2D eigenvalue weighted by Gasteiger charge is 2.22. The van der Waals surface area contributed by atoms with Gasteiger partial charge in [0, 0.05) is 5.69 Å². The SMILES string of the molecule is Cc1[nH]c(=O)sc1S(=O)(=O)Nc1cccc(Cl)c1F. The number of benzene rings is 1. The maximum Gasteiger partial charge on any atom is 0.306 e. The minimum Gasteiger partial charge on any atom is -0.315 e. The predicted molar refractivity (Wildman–Crippen MR) is 71.9 cm³/mol. The van der Waals surface area contributed by atoms with Crippen LogP contribution in [0.3, 0.4) is 0 Å². The summed E-state index contributed by atoms with van der Waals surface area (Å²) in [7, 11) is -4.02. The summed E-state index contributed by atoms with van der Waals surface area (Å²) in [5.74, 6) is -0.867. The molecule has 0 saturated carbocycles. The van der Waals surface area contributed by atoms with Gasteiger partial charge in [0.2, 0.25) is 0 Å². The Morgan fingerprint density at radius 2 is 2.11 bits per heavy atom. The molecule has 2 rings (SSSR count). The van der Waals surface area contributed by atoms with Gasteiger partial charge in [0.15, 0.2) is 10.0 Å². The second-order valence-corrected chi connectivity index (χ2v) is 6.90. The Bertz CT molecular complexity index is 782. The number of hydrogen-bond donors (Lipinski definition) is 2. The van der Waals surface area contributed by atoms with Gasteiger partial charge in [-0.1, -0.05) is 29.0 Å². The number of halogens is 2. The number of sulfonamides is 1. The molecule has 0 aliphatic heterocycles. The van der Waals surface area contributed by atoms with Gasteiger partial charge in [0.05, 0.1) is 10.7 Å². The molecule has 1 heterocycles. The first-order chi connectivity index (χ1) is 8.81. The molecule has 0 atom stereocenters. The molecule has 1 aromatic heterocycles.